The highest BCUT2D eigenvalue weighted by Gasteiger charge is 2.18. The molecule has 1 atom stereocenters. The lowest BCUT2D eigenvalue weighted by Gasteiger charge is -2.15. The second-order valence-electron chi connectivity index (χ2n) is 9.18. The molecule has 214 valence electrons. The Morgan fingerprint density at radius 2 is 1.52 bits per heavy atom. The number of nitrogens with one attached hydrogen (secondary N) is 3. The number of thioether (sulfide) groups is 1. The van der Waals surface area contributed by atoms with Crippen LogP contribution in [0.15, 0.2) is 102 Å². The first-order valence-corrected chi connectivity index (χ1v) is 14.8. The largest absolute Gasteiger partial charge is 0.325 e. The highest BCUT2D eigenvalue weighted by Crippen LogP contribution is 2.28. The summed E-state index contributed by atoms with van der Waals surface area (Å²) >= 11 is 19.9. The molecule has 0 aliphatic rings. The third-order valence-electron chi connectivity index (χ3n) is 6.11. The zero-order valence-electron chi connectivity index (χ0n) is 22.6. The van der Waals surface area contributed by atoms with Gasteiger partial charge in [-0.1, -0.05) is 65.1 Å². The Hall–Kier alpha value is -3.75. The van der Waals surface area contributed by atoms with Crippen molar-refractivity contribution in [2.75, 3.05) is 10.6 Å². The summed E-state index contributed by atoms with van der Waals surface area (Å²) in [5.74, 6) is -1.16. The Bertz CT molecular complexity index is 1640. The smallest absolute Gasteiger partial charge is 0.272 e. The van der Waals surface area contributed by atoms with E-state index in [4.69, 9.17) is 34.8 Å². The van der Waals surface area contributed by atoms with Gasteiger partial charge in [0.2, 0.25) is 5.91 Å². The molecule has 3 amide bonds. The SMILES string of the molecule is Cc1c(Cl)cccc1NC(=O)C(C)Sc1ccc(NC(=O)/C(=C/c2ccc(Cl)cc2Cl)NC(=O)c2ccccc2)cc1. The molecule has 0 aliphatic heterocycles. The van der Waals surface area contributed by atoms with E-state index in [0.29, 0.717) is 37.6 Å². The van der Waals surface area contributed by atoms with Crippen LogP contribution in [0.3, 0.4) is 0 Å². The number of anilines is 2. The maximum Gasteiger partial charge on any atom is 0.272 e. The molecule has 4 rings (SSSR count). The van der Waals surface area contributed by atoms with Gasteiger partial charge in [0.25, 0.3) is 11.8 Å². The molecule has 3 N–H and O–H groups in total. The fourth-order valence-corrected chi connectivity index (χ4v) is 5.27. The second kappa shape index (κ2) is 14.4. The maximum absolute atomic E-state index is 13.3. The highest BCUT2D eigenvalue weighted by atomic mass is 35.5. The minimum absolute atomic E-state index is 0.00636. The minimum Gasteiger partial charge on any atom is -0.325 e. The zero-order valence-corrected chi connectivity index (χ0v) is 25.7. The van der Waals surface area contributed by atoms with Gasteiger partial charge in [0.15, 0.2) is 0 Å². The molecule has 42 heavy (non-hydrogen) atoms. The van der Waals surface area contributed by atoms with Crippen molar-refractivity contribution in [1.29, 1.82) is 0 Å². The Balaban J connectivity index is 1.45. The molecule has 6 nitrogen and oxygen atoms in total. The first kappa shape index (κ1) is 31.2. The molecule has 0 heterocycles. The second-order valence-corrected chi connectivity index (χ2v) is 11.8. The number of hydrogen-bond donors (Lipinski definition) is 3. The number of benzene rings is 4. The molecule has 0 saturated heterocycles. The Morgan fingerprint density at radius 1 is 0.810 bits per heavy atom. The van der Waals surface area contributed by atoms with Crippen LogP contribution in [0.4, 0.5) is 11.4 Å². The normalized spacial score (nSPS) is 11.9. The average molecular weight is 639 g/mol. The van der Waals surface area contributed by atoms with Gasteiger partial charge in [0.05, 0.1) is 5.25 Å². The quantitative estimate of drug-likeness (QED) is 0.127. The van der Waals surface area contributed by atoms with E-state index >= 15 is 0 Å². The molecule has 0 radical (unpaired) electrons. The summed E-state index contributed by atoms with van der Waals surface area (Å²) in [4.78, 5) is 39.8. The number of rotatable bonds is 9. The van der Waals surface area contributed by atoms with Crippen LogP contribution >= 0.6 is 46.6 Å². The molecule has 0 aliphatic carbocycles. The van der Waals surface area contributed by atoms with Crippen LogP contribution in [-0.4, -0.2) is 23.0 Å². The highest BCUT2D eigenvalue weighted by molar-refractivity contribution is 8.00. The maximum atomic E-state index is 13.3. The van der Waals surface area contributed by atoms with Crippen LogP contribution in [0.1, 0.15) is 28.4 Å². The van der Waals surface area contributed by atoms with Gasteiger partial charge in [-0.15, -0.1) is 11.8 Å². The number of amides is 3. The predicted molar refractivity (Wildman–Crippen MR) is 174 cm³/mol. The van der Waals surface area contributed by atoms with Gasteiger partial charge in [-0.05, 0) is 91.7 Å². The van der Waals surface area contributed by atoms with E-state index in [1.54, 1.807) is 91.0 Å². The predicted octanol–water partition coefficient (Wildman–Crippen LogP) is 8.48. The van der Waals surface area contributed by atoms with Gasteiger partial charge < -0.3 is 16.0 Å². The zero-order chi connectivity index (χ0) is 30.2. The van der Waals surface area contributed by atoms with Crippen molar-refractivity contribution in [2.45, 2.75) is 24.0 Å². The van der Waals surface area contributed by atoms with Crippen LogP contribution in [0.2, 0.25) is 15.1 Å². The molecular weight excluding hydrogens is 613 g/mol. The van der Waals surface area contributed by atoms with E-state index < -0.39 is 17.1 Å². The van der Waals surface area contributed by atoms with Crippen LogP contribution < -0.4 is 16.0 Å². The van der Waals surface area contributed by atoms with Gasteiger partial charge in [-0.25, -0.2) is 0 Å². The lowest BCUT2D eigenvalue weighted by molar-refractivity contribution is -0.115. The minimum atomic E-state index is -0.546. The molecule has 10 heteroatoms. The summed E-state index contributed by atoms with van der Waals surface area (Å²) in [7, 11) is 0. The molecule has 0 fully saturated rings. The molecule has 0 bridgehead atoms. The number of halogens is 3. The number of carbonyl (C=O) groups is 3. The van der Waals surface area contributed by atoms with Crippen LogP contribution in [0, 0.1) is 6.92 Å². The van der Waals surface area contributed by atoms with E-state index in [1.807, 2.05) is 13.8 Å². The topological polar surface area (TPSA) is 87.3 Å². The third kappa shape index (κ3) is 8.39. The first-order chi connectivity index (χ1) is 20.1. The Labute approximate surface area is 263 Å². The molecule has 1 unspecified atom stereocenters. The molecule has 4 aromatic carbocycles. The molecule has 0 aromatic heterocycles. The number of hydrogen-bond acceptors (Lipinski definition) is 4. The standard InChI is InChI=1S/C32H26Cl3N3O3S/c1-19-26(34)9-6-10-28(19)37-30(39)20(2)42-25-15-13-24(14-16-25)36-32(41)29(17-22-11-12-23(33)18-27(22)35)38-31(40)21-7-4-3-5-8-21/h3-18,20H,1-2H3,(H,36,41)(H,37,39)(H,38,40)/b29-17-. The average Bonchev–Trinajstić information content (AvgIpc) is 2.97. The molecule has 0 saturated carbocycles. The van der Waals surface area contributed by atoms with Crippen molar-refractivity contribution in [1.82, 2.24) is 5.32 Å². The van der Waals surface area contributed by atoms with Crippen molar-refractivity contribution in [3.63, 3.8) is 0 Å². The molecular formula is C32H26Cl3N3O3S. The summed E-state index contributed by atoms with van der Waals surface area (Å²) in [6.45, 7) is 3.66. The van der Waals surface area contributed by atoms with Crippen LogP contribution in [0.5, 0.6) is 0 Å². The summed E-state index contributed by atoms with van der Waals surface area (Å²) in [6.07, 6.45) is 1.49. The van der Waals surface area contributed by atoms with Gasteiger partial charge in [-0.2, -0.15) is 0 Å². The summed E-state index contributed by atoms with van der Waals surface area (Å²) in [5, 5.41) is 9.37. The Morgan fingerprint density at radius 3 is 2.21 bits per heavy atom. The van der Waals surface area contributed by atoms with Crippen molar-refractivity contribution in [2.24, 2.45) is 0 Å². The van der Waals surface area contributed by atoms with Gasteiger partial charge in [0.1, 0.15) is 5.70 Å². The first-order valence-electron chi connectivity index (χ1n) is 12.8. The molecule has 0 spiro atoms. The Kier molecular flexibility index (Phi) is 10.7. The van der Waals surface area contributed by atoms with Crippen molar-refractivity contribution in [3.05, 3.63) is 128 Å². The van der Waals surface area contributed by atoms with Gasteiger partial charge in [-0.3, -0.25) is 14.4 Å². The van der Waals surface area contributed by atoms with E-state index in [1.165, 1.54) is 17.8 Å². The monoisotopic (exact) mass is 637 g/mol. The summed E-state index contributed by atoms with van der Waals surface area (Å²) in [6, 6.07) is 25.8. The van der Waals surface area contributed by atoms with E-state index in [2.05, 4.69) is 16.0 Å². The summed E-state index contributed by atoms with van der Waals surface area (Å²) in [5.41, 5.74) is 2.86. The van der Waals surface area contributed by atoms with Crippen LogP contribution in [-0.2, 0) is 9.59 Å². The fourth-order valence-electron chi connectivity index (χ4n) is 3.77. The third-order valence-corrected chi connectivity index (χ3v) is 8.19. The molecule has 4 aromatic rings. The number of carbonyl (C=O) groups excluding carboxylic acids is 3. The summed E-state index contributed by atoms with van der Waals surface area (Å²) < 4.78 is 0. The van der Waals surface area contributed by atoms with Crippen molar-refractivity contribution in [3.8, 4) is 0 Å². The van der Waals surface area contributed by atoms with E-state index in [0.717, 1.165) is 10.5 Å². The van der Waals surface area contributed by atoms with Gasteiger partial charge >= 0.3 is 0 Å². The van der Waals surface area contributed by atoms with Gasteiger partial charge in [0, 0.05) is 36.9 Å². The van der Waals surface area contributed by atoms with Crippen molar-refractivity contribution < 1.29 is 14.4 Å². The van der Waals surface area contributed by atoms with E-state index in [9.17, 15) is 14.4 Å². The lowest BCUT2D eigenvalue weighted by Crippen LogP contribution is -2.30. The van der Waals surface area contributed by atoms with Crippen LogP contribution in [0.25, 0.3) is 6.08 Å². The van der Waals surface area contributed by atoms with Crippen molar-refractivity contribution >= 4 is 81.7 Å². The van der Waals surface area contributed by atoms with E-state index in [-0.39, 0.29) is 11.6 Å². The fraction of sp³-hybridized carbons (Fsp3) is 0.0938. The lowest BCUT2D eigenvalue weighted by atomic mass is 10.1.